The molecule has 25 heavy (non-hydrogen) atoms. The third-order valence-corrected chi connectivity index (χ3v) is 5.53. The largest absolute Gasteiger partial charge is 0.462 e. The first-order chi connectivity index (χ1) is 11.8. The molecular weight excluding hydrogens is 356 g/mol. The van der Waals surface area contributed by atoms with E-state index in [2.05, 4.69) is 0 Å². The Labute approximate surface area is 149 Å². The molecule has 0 heterocycles. The predicted octanol–water partition coefficient (Wildman–Crippen LogP) is 2.33. The summed E-state index contributed by atoms with van der Waals surface area (Å²) in [6.45, 7) is 0. The van der Waals surface area contributed by atoms with Gasteiger partial charge in [0.05, 0.1) is 12.8 Å². The second kappa shape index (κ2) is 8.55. The number of halogens is 1. The number of esters is 1. The van der Waals surface area contributed by atoms with Crippen molar-refractivity contribution in [1.82, 2.24) is 0 Å². The maximum atomic E-state index is 12.1. The molecule has 0 amide bonds. The smallest absolute Gasteiger partial charge is 0.306 e. The fourth-order valence-corrected chi connectivity index (χ4v) is 3.95. The Hall–Kier alpha value is -1.77. The highest BCUT2D eigenvalue weighted by Gasteiger charge is 2.44. The third kappa shape index (κ3) is 5.35. The van der Waals surface area contributed by atoms with Crippen LogP contribution in [0.4, 0.5) is 0 Å². The molecule has 10 heteroatoms. The zero-order valence-corrected chi connectivity index (χ0v) is 14.4. The number of hydrogen-bond acceptors (Lipinski definition) is 7. The van der Waals surface area contributed by atoms with E-state index >= 15 is 0 Å². The van der Waals surface area contributed by atoms with Crippen LogP contribution in [0.2, 0.25) is 0 Å². The Balaban J connectivity index is 1.84. The molecule has 2 aliphatic rings. The number of ether oxygens (including phenoxy) is 1. The summed E-state index contributed by atoms with van der Waals surface area (Å²) in [4.78, 5) is 44.2. The van der Waals surface area contributed by atoms with Crippen molar-refractivity contribution < 1.29 is 24.2 Å². The summed E-state index contributed by atoms with van der Waals surface area (Å²) >= 11 is 5.46. The van der Waals surface area contributed by atoms with Gasteiger partial charge in [-0.15, -0.1) is 0 Å². The molecule has 0 saturated heterocycles. The minimum Gasteiger partial charge on any atom is -0.462 e. The molecule has 0 aromatic rings. The Kier molecular flexibility index (Phi) is 6.69. The number of nitrogens with zero attached hydrogens (tertiary/aromatic N) is 2. The van der Waals surface area contributed by atoms with E-state index in [0.29, 0.717) is 25.7 Å². The van der Waals surface area contributed by atoms with Crippen LogP contribution in [0.3, 0.4) is 0 Å². The van der Waals surface area contributed by atoms with Gasteiger partial charge in [0.1, 0.15) is 6.10 Å². The van der Waals surface area contributed by atoms with E-state index in [9.17, 15) is 29.8 Å². The van der Waals surface area contributed by atoms with Gasteiger partial charge < -0.3 is 4.74 Å². The standard InChI is InChI=1S/C15H21ClN2O7/c16-15(20)9-2-5-12(6-3-9)25-14(19)7-10-1-4-11(17(21)22)8-13(10)18(23)24/h9-13H,1-8H2. The molecule has 140 valence electrons. The van der Waals surface area contributed by atoms with Crippen molar-refractivity contribution in [3.63, 3.8) is 0 Å². The first-order valence-electron chi connectivity index (χ1n) is 8.43. The summed E-state index contributed by atoms with van der Waals surface area (Å²) < 4.78 is 5.37. The van der Waals surface area contributed by atoms with Gasteiger partial charge in [0.2, 0.25) is 17.3 Å². The van der Waals surface area contributed by atoms with E-state index in [0.717, 1.165) is 0 Å². The third-order valence-electron chi connectivity index (χ3n) is 5.22. The molecule has 2 fully saturated rings. The van der Waals surface area contributed by atoms with Crippen LogP contribution in [0.1, 0.15) is 51.4 Å². The van der Waals surface area contributed by atoms with Gasteiger partial charge in [0.25, 0.3) is 0 Å². The molecule has 2 aliphatic carbocycles. The number of nitro groups is 2. The van der Waals surface area contributed by atoms with Crippen LogP contribution in [0, 0.1) is 32.1 Å². The molecule has 9 nitrogen and oxygen atoms in total. The first-order valence-corrected chi connectivity index (χ1v) is 8.81. The van der Waals surface area contributed by atoms with Gasteiger partial charge in [0.15, 0.2) is 0 Å². The van der Waals surface area contributed by atoms with E-state index in [1.807, 2.05) is 0 Å². The zero-order valence-electron chi connectivity index (χ0n) is 13.7. The van der Waals surface area contributed by atoms with Gasteiger partial charge in [0, 0.05) is 28.1 Å². The Bertz CT molecular complexity index is 548. The van der Waals surface area contributed by atoms with Crippen LogP contribution < -0.4 is 0 Å². The van der Waals surface area contributed by atoms with Gasteiger partial charge in [-0.3, -0.25) is 29.8 Å². The van der Waals surface area contributed by atoms with Gasteiger partial charge >= 0.3 is 5.97 Å². The lowest BCUT2D eigenvalue weighted by atomic mass is 9.80. The van der Waals surface area contributed by atoms with Crippen LogP contribution >= 0.6 is 11.6 Å². The van der Waals surface area contributed by atoms with Gasteiger partial charge in [-0.1, -0.05) is 0 Å². The van der Waals surface area contributed by atoms with Crippen LogP contribution in [-0.4, -0.2) is 39.2 Å². The van der Waals surface area contributed by atoms with Crippen molar-refractivity contribution in [2.24, 2.45) is 11.8 Å². The van der Waals surface area contributed by atoms with E-state index in [1.165, 1.54) is 0 Å². The quantitative estimate of drug-likeness (QED) is 0.301. The maximum Gasteiger partial charge on any atom is 0.306 e. The van der Waals surface area contributed by atoms with Crippen LogP contribution in [0.5, 0.6) is 0 Å². The molecule has 0 aliphatic heterocycles. The molecule has 0 radical (unpaired) electrons. The molecule has 0 aromatic heterocycles. The Morgan fingerprint density at radius 1 is 1.00 bits per heavy atom. The van der Waals surface area contributed by atoms with Gasteiger partial charge in [-0.05, 0) is 43.7 Å². The number of carbonyl (C=O) groups is 2. The summed E-state index contributed by atoms with van der Waals surface area (Å²) in [7, 11) is 0. The minimum atomic E-state index is -1.10. The lowest BCUT2D eigenvalue weighted by Gasteiger charge is -2.29. The topological polar surface area (TPSA) is 130 Å². The van der Waals surface area contributed by atoms with E-state index in [1.54, 1.807) is 0 Å². The summed E-state index contributed by atoms with van der Waals surface area (Å²) in [6, 6.07) is -2.02. The highest BCUT2D eigenvalue weighted by atomic mass is 35.5. The lowest BCUT2D eigenvalue weighted by molar-refractivity contribution is -0.574. The average molecular weight is 377 g/mol. The monoisotopic (exact) mass is 376 g/mol. The average Bonchev–Trinajstić information content (AvgIpc) is 2.55. The summed E-state index contributed by atoms with van der Waals surface area (Å²) in [5.41, 5.74) is 0. The SMILES string of the molecule is O=C(CC1CCC([N+](=O)[O-])CC1[N+](=O)[O-])OC1CCC(C(=O)Cl)CC1. The van der Waals surface area contributed by atoms with E-state index in [4.69, 9.17) is 16.3 Å². The molecule has 0 aromatic carbocycles. The Morgan fingerprint density at radius 3 is 2.16 bits per heavy atom. The number of hydrogen-bond donors (Lipinski definition) is 0. The van der Waals surface area contributed by atoms with E-state index in [-0.39, 0.29) is 42.9 Å². The second-order valence-corrected chi connectivity index (χ2v) is 7.21. The number of carbonyl (C=O) groups excluding carboxylic acids is 2. The normalized spacial score (nSPS) is 32.6. The fraction of sp³-hybridized carbons (Fsp3) is 0.867. The highest BCUT2D eigenvalue weighted by Crippen LogP contribution is 2.32. The fourth-order valence-electron chi connectivity index (χ4n) is 3.73. The molecule has 2 rings (SSSR count). The molecule has 3 atom stereocenters. The molecule has 0 N–H and O–H groups in total. The zero-order chi connectivity index (χ0) is 18.6. The summed E-state index contributed by atoms with van der Waals surface area (Å²) in [5, 5.41) is 21.7. The molecule has 3 unspecified atom stereocenters. The predicted molar refractivity (Wildman–Crippen MR) is 86.2 cm³/mol. The van der Waals surface area contributed by atoms with Crippen molar-refractivity contribution in [1.29, 1.82) is 0 Å². The molecule has 0 spiro atoms. The van der Waals surface area contributed by atoms with Crippen molar-refractivity contribution in [3.05, 3.63) is 20.2 Å². The Morgan fingerprint density at radius 2 is 1.64 bits per heavy atom. The highest BCUT2D eigenvalue weighted by molar-refractivity contribution is 6.63. The maximum absolute atomic E-state index is 12.1. The molecule has 2 saturated carbocycles. The van der Waals surface area contributed by atoms with Crippen molar-refractivity contribution >= 4 is 22.8 Å². The first kappa shape index (κ1) is 19.6. The summed E-state index contributed by atoms with van der Waals surface area (Å²) in [5.74, 6) is -1.26. The van der Waals surface area contributed by atoms with Crippen LogP contribution in [0.25, 0.3) is 0 Å². The molecule has 0 bridgehead atoms. The number of rotatable bonds is 6. The van der Waals surface area contributed by atoms with Crippen LogP contribution in [-0.2, 0) is 14.3 Å². The van der Waals surface area contributed by atoms with Gasteiger partial charge in [-0.25, -0.2) is 0 Å². The van der Waals surface area contributed by atoms with Crippen LogP contribution in [0.15, 0.2) is 0 Å². The van der Waals surface area contributed by atoms with Crippen molar-refractivity contribution in [2.45, 2.75) is 69.6 Å². The van der Waals surface area contributed by atoms with Gasteiger partial charge in [-0.2, -0.15) is 0 Å². The van der Waals surface area contributed by atoms with E-state index < -0.39 is 33.8 Å². The van der Waals surface area contributed by atoms with Crippen molar-refractivity contribution in [2.75, 3.05) is 0 Å². The molecular formula is C15H21ClN2O7. The summed E-state index contributed by atoms with van der Waals surface area (Å²) in [6.07, 6.45) is 2.15. The minimum absolute atomic E-state index is 0.107. The second-order valence-electron chi connectivity index (χ2n) is 6.84. The van der Waals surface area contributed by atoms with Crippen molar-refractivity contribution in [3.8, 4) is 0 Å². The lowest BCUT2D eigenvalue weighted by Crippen LogP contribution is -2.41.